The maximum absolute atomic E-state index is 13.1. The Morgan fingerprint density at radius 3 is 2.29 bits per heavy atom. The third-order valence-corrected chi connectivity index (χ3v) is 7.71. The fourth-order valence-electron chi connectivity index (χ4n) is 4.16. The Bertz CT molecular complexity index is 1760. The number of carbonyl (C=O) groups is 1. The summed E-state index contributed by atoms with van der Waals surface area (Å²) in [5.41, 5.74) is 2.54. The number of carbonyl (C=O) groups excluding carboxylic acids is 1. The number of H-pyrrole nitrogens is 2. The van der Waals surface area contributed by atoms with Crippen molar-refractivity contribution >= 4 is 44.3 Å². The first kappa shape index (κ1) is 22.9. The van der Waals surface area contributed by atoms with Crippen molar-refractivity contribution in [3.8, 4) is 11.1 Å². The molecule has 3 aromatic carbocycles. The molecule has 9 nitrogen and oxygen atoms in total. The molecule has 0 saturated carbocycles. The molecule has 0 saturated heterocycles. The van der Waals surface area contributed by atoms with Gasteiger partial charge in [-0.15, -0.1) is 0 Å². The van der Waals surface area contributed by atoms with E-state index in [1.165, 1.54) is 18.2 Å². The molecule has 178 valence electrons. The van der Waals surface area contributed by atoms with Crippen molar-refractivity contribution in [2.45, 2.75) is 18.2 Å². The molecule has 1 aliphatic rings. The topological polar surface area (TPSA) is 141 Å². The number of halogens is 1. The maximum atomic E-state index is 13.1. The van der Waals surface area contributed by atoms with E-state index in [1.807, 2.05) is 6.07 Å². The number of amides is 1. The molecule has 1 aliphatic heterocycles. The average Bonchev–Trinajstić information content (AvgIpc) is 2.79. The quantitative estimate of drug-likeness (QED) is 0.312. The predicted octanol–water partition coefficient (Wildman–Crippen LogP) is 2.93. The third kappa shape index (κ3) is 4.22. The van der Waals surface area contributed by atoms with Gasteiger partial charge in [0, 0.05) is 17.7 Å². The summed E-state index contributed by atoms with van der Waals surface area (Å²) < 4.78 is 28.8. The molecular weight excluding hydrogens is 492 g/mol. The number of hydrogen-bond acceptors (Lipinski definition) is 5. The number of benzene rings is 3. The van der Waals surface area contributed by atoms with Gasteiger partial charge in [0.05, 0.1) is 26.6 Å². The van der Waals surface area contributed by atoms with E-state index in [-0.39, 0.29) is 22.0 Å². The Balaban J connectivity index is 1.47. The largest absolute Gasteiger partial charge is 0.352 e. The van der Waals surface area contributed by atoms with Gasteiger partial charge >= 0.3 is 11.1 Å². The standard InChI is InChI=1S/C24H19ClN4O5S/c1-12-8-19-20(28-24(32)23(31)27-19)11-21(12)35(33,34)29-15-3-5-16(18(25)10-15)13-2-4-17-14(9-13)6-7-26-22(17)30/h2-5,8-11,29H,6-7H2,1H3,(H,26,30)(H,27,31)(H,28,32). The highest BCUT2D eigenvalue weighted by molar-refractivity contribution is 7.92. The lowest BCUT2D eigenvalue weighted by Crippen LogP contribution is -2.31. The molecule has 0 fully saturated rings. The molecule has 4 aromatic rings. The molecule has 35 heavy (non-hydrogen) atoms. The van der Waals surface area contributed by atoms with Crippen LogP contribution in [0.2, 0.25) is 5.02 Å². The second-order valence-corrected chi connectivity index (χ2v) is 10.3. The summed E-state index contributed by atoms with van der Waals surface area (Å²) in [6.45, 7) is 2.16. The number of aromatic nitrogens is 2. The van der Waals surface area contributed by atoms with E-state index in [2.05, 4.69) is 20.0 Å². The molecule has 0 unspecified atom stereocenters. The van der Waals surface area contributed by atoms with E-state index < -0.39 is 21.1 Å². The summed E-state index contributed by atoms with van der Waals surface area (Å²) in [5, 5.41) is 3.14. The highest BCUT2D eigenvalue weighted by atomic mass is 35.5. The number of aromatic amines is 2. The third-order valence-electron chi connectivity index (χ3n) is 5.87. The van der Waals surface area contributed by atoms with Crippen molar-refractivity contribution in [2.24, 2.45) is 0 Å². The van der Waals surface area contributed by atoms with Crippen LogP contribution < -0.4 is 21.2 Å². The highest BCUT2D eigenvalue weighted by Gasteiger charge is 2.20. The maximum Gasteiger partial charge on any atom is 0.314 e. The van der Waals surface area contributed by atoms with Gasteiger partial charge in [0.25, 0.3) is 15.9 Å². The molecule has 11 heteroatoms. The molecule has 5 rings (SSSR count). The molecule has 0 aliphatic carbocycles. The predicted molar refractivity (Wildman–Crippen MR) is 134 cm³/mol. The van der Waals surface area contributed by atoms with E-state index in [4.69, 9.17) is 11.6 Å². The molecular formula is C24H19ClN4O5S. The summed E-state index contributed by atoms with van der Waals surface area (Å²) in [6.07, 6.45) is 0.717. The lowest BCUT2D eigenvalue weighted by atomic mass is 9.95. The van der Waals surface area contributed by atoms with E-state index in [0.717, 1.165) is 11.1 Å². The van der Waals surface area contributed by atoms with Crippen LogP contribution in [0.1, 0.15) is 21.5 Å². The molecule has 0 spiro atoms. The van der Waals surface area contributed by atoms with Crippen molar-refractivity contribution in [1.29, 1.82) is 0 Å². The molecule has 0 radical (unpaired) electrons. The Morgan fingerprint density at radius 1 is 0.886 bits per heavy atom. The number of hydrogen-bond donors (Lipinski definition) is 4. The summed E-state index contributed by atoms with van der Waals surface area (Å²) in [5.74, 6) is -0.104. The van der Waals surface area contributed by atoms with Crippen LogP contribution in [0.15, 0.2) is 63.0 Å². The van der Waals surface area contributed by atoms with Gasteiger partial charge in [-0.25, -0.2) is 8.42 Å². The van der Waals surface area contributed by atoms with Crippen LogP contribution in [-0.4, -0.2) is 30.8 Å². The molecule has 4 N–H and O–H groups in total. The van der Waals surface area contributed by atoms with Crippen molar-refractivity contribution in [2.75, 3.05) is 11.3 Å². The van der Waals surface area contributed by atoms with Gasteiger partial charge in [-0.3, -0.25) is 19.1 Å². The van der Waals surface area contributed by atoms with Crippen molar-refractivity contribution in [1.82, 2.24) is 15.3 Å². The van der Waals surface area contributed by atoms with Crippen LogP contribution in [0.4, 0.5) is 5.69 Å². The van der Waals surface area contributed by atoms with Gasteiger partial charge in [-0.2, -0.15) is 0 Å². The number of rotatable bonds is 4. The highest BCUT2D eigenvalue weighted by Crippen LogP contribution is 2.33. The van der Waals surface area contributed by atoms with E-state index in [9.17, 15) is 22.8 Å². The first-order chi connectivity index (χ1) is 16.6. The molecule has 1 amide bonds. The van der Waals surface area contributed by atoms with E-state index >= 15 is 0 Å². The Hall–Kier alpha value is -3.89. The van der Waals surface area contributed by atoms with Gasteiger partial charge in [-0.05, 0) is 60.4 Å². The van der Waals surface area contributed by atoms with Gasteiger partial charge in [0.2, 0.25) is 0 Å². The van der Waals surface area contributed by atoms with Crippen molar-refractivity contribution in [3.63, 3.8) is 0 Å². The zero-order valence-corrected chi connectivity index (χ0v) is 19.9. The van der Waals surface area contributed by atoms with Crippen LogP contribution in [0.25, 0.3) is 22.2 Å². The molecule has 2 heterocycles. The smallest absolute Gasteiger partial charge is 0.314 e. The minimum absolute atomic E-state index is 0.0548. The van der Waals surface area contributed by atoms with Gasteiger partial charge in [-0.1, -0.05) is 29.8 Å². The lowest BCUT2D eigenvalue weighted by Gasteiger charge is -2.18. The molecule has 0 atom stereocenters. The van der Waals surface area contributed by atoms with Crippen LogP contribution in [0.5, 0.6) is 0 Å². The minimum Gasteiger partial charge on any atom is -0.352 e. The van der Waals surface area contributed by atoms with Gasteiger partial charge in [0.15, 0.2) is 0 Å². The van der Waals surface area contributed by atoms with Crippen LogP contribution in [0.3, 0.4) is 0 Å². The fraction of sp³-hybridized carbons (Fsp3) is 0.125. The summed E-state index contributed by atoms with van der Waals surface area (Å²) in [6, 6.07) is 13.1. The van der Waals surface area contributed by atoms with Crippen LogP contribution >= 0.6 is 11.6 Å². The SMILES string of the molecule is Cc1cc2[nH]c(=O)c(=O)[nH]c2cc1S(=O)(=O)Nc1ccc(-c2ccc3c(c2)CCNC3=O)c(Cl)c1. The summed E-state index contributed by atoms with van der Waals surface area (Å²) >= 11 is 6.50. The minimum atomic E-state index is -4.04. The number of anilines is 1. The van der Waals surface area contributed by atoms with Crippen molar-refractivity contribution < 1.29 is 13.2 Å². The second-order valence-electron chi connectivity index (χ2n) is 8.25. The monoisotopic (exact) mass is 510 g/mol. The lowest BCUT2D eigenvalue weighted by molar-refractivity contribution is 0.0946. The Labute approximate surface area is 204 Å². The fourth-order valence-corrected chi connectivity index (χ4v) is 5.75. The Kier molecular flexibility index (Phi) is 5.49. The first-order valence-corrected chi connectivity index (χ1v) is 12.5. The molecule has 1 aromatic heterocycles. The number of fused-ring (bicyclic) bond motifs is 2. The summed E-state index contributed by atoms with van der Waals surface area (Å²) in [7, 11) is -4.04. The van der Waals surface area contributed by atoms with Crippen LogP contribution in [-0.2, 0) is 16.4 Å². The average molecular weight is 511 g/mol. The van der Waals surface area contributed by atoms with E-state index in [1.54, 1.807) is 31.2 Å². The summed E-state index contributed by atoms with van der Waals surface area (Å²) in [4.78, 5) is 39.9. The molecule has 0 bridgehead atoms. The first-order valence-electron chi connectivity index (χ1n) is 10.6. The number of nitrogens with one attached hydrogen (secondary N) is 4. The zero-order valence-electron chi connectivity index (χ0n) is 18.4. The van der Waals surface area contributed by atoms with Gasteiger partial charge in [0.1, 0.15) is 0 Å². The zero-order chi connectivity index (χ0) is 24.9. The van der Waals surface area contributed by atoms with Crippen molar-refractivity contribution in [3.05, 3.63) is 91.0 Å². The normalized spacial score (nSPS) is 13.4. The van der Waals surface area contributed by atoms with Gasteiger partial charge < -0.3 is 15.3 Å². The number of sulfonamides is 1. The van der Waals surface area contributed by atoms with E-state index in [0.29, 0.717) is 40.2 Å². The Morgan fingerprint density at radius 2 is 1.57 bits per heavy atom. The number of aryl methyl sites for hydroxylation is 1. The van der Waals surface area contributed by atoms with Crippen LogP contribution in [0, 0.1) is 6.92 Å². The second kappa shape index (κ2) is 8.40.